The molecule has 2 aliphatic carbocycles. The summed E-state index contributed by atoms with van der Waals surface area (Å²) < 4.78 is 0. The maximum absolute atomic E-state index is 2.53. The van der Waals surface area contributed by atoms with Gasteiger partial charge in [-0.1, -0.05) is 44.1 Å². The van der Waals surface area contributed by atoms with Crippen LogP contribution in [0.3, 0.4) is 0 Å². The molecule has 2 rings (SSSR count). The summed E-state index contributed by atoms with van der Waals surface area (Å²) in [4.78, 5) is 0. The third-order valence-electron chi connectivity index (χ3n) is 4.49. The normalized spacial score (nSPS) is 35.9. The van der Waals surface area contributed by atoms with Crippen molar-refractivity contribution in [2.75, 3.05) is 0 Å². The third-order valence-corrected chi connectivity index (χ3v) is 4.49. The van der Waals surface area contributed by atoms with Gasteiger partial charge in [0.2, 0.25) is 0 Å². The largest absolute Gasteiger partial charge is 0.0850 e. The lowest BCUT2D eigenvalue weighted by Gasteiger charge is -2.25. The predicted octanol–water partition coefficient (Wildman–Crippen LogP) is 4.58. The topological polar surface area (TPSA) is 0 Å². The molecule has 84 valence electrons. The van der Waals surface area contributed by atoms with E-state index >= 15 is 0 Å². The van der Waals surface area contributed by atoms with Gasteiger partial charge in [-0.15, -0.1) is 0 Å². The van der Waals surface area contributed by atoms with E-state index in [1.54, 1.807) is 11.1 Å². The highest BCUT2D eigenvalue weighted by atomic mass is 14.4. The summed E-state index contributed by atoms with van der Waals surface area (Å²) in [6.45, 7) is 9.44. The van der Waals surface area contributed by atoms with E-state index in [-0.39, 0.29) is 0 Å². The molecule has 0 unspecified atom stereocenters. The molecule has 2 aliphatic rings. The SMILES string of the molecule is CC1=CC[C@H]2[C@@H](C)CC=C(C(C)C)C[C@@H]12. The van der Waals surface area contributed by atoms with Crippen molar-refractivity contribution in [1.29, 1.82) is 0 Å². The highest BCUT2D eigenvalue weighted by Gasteiger charge is 2.33. The number of hydrogen-bond donors (Lipinski definition) is 0. The van der Waals surface area contributed by atoms with Gasteiger partial charge in [0, 0.05) is 0 Å². The molecule has 0 heteroatoms. The number of hydrogen-bond acceptors (Lipinski definition) is 0. The van der Waals surface area contributed by atoms with Crippen molar-refractivity contribution in [3.05, 3.63) is 23.3 Å². The second kappa shape index (κ2) is 4.15. The molecule has 0 bridgehead atoms. The Morgan fingerprint density at radius 2 is 1.93 bits per heavy atom. The molecule has 0 radical (unpaired) electrons. The molecular weight excluding hydrogens is 180 g/mol. The fourth-order valence-electron chi connectivity index (χ4n) is 3.24. The van der Waals surface area contributed by atoms with Crippen molar-refractivity contribution in [2.45, 2.75) is 47.0 Å². The first-order valence-electron chi connectivity index (χ1n) is 6.45. The molecule has 0 amide bonds. The van der Waals surface area contributed by atoms with Crippen LogP contribution >= 0.6 is 0 Å². The lowest BCUT2D eigenvalue weighted by Crippen LogP contribution is -2.17. The lowest BCUT2D eigenvalue weighted by atomic mass is 9.80. The molecule has 0 aliphatic heterocycles. The van der Waals surface area contributed by atoms with Crippen LogP contribution in [0, 0.1) is 23.7 Å². The van der Waals surface area contributed by atoms with Crippen LogP contribution in [0.25, 0.3) is 0 Å². The zero-order valence-corrected chi connectivity index (χ0v) is 10.6. The quantitative estimate of drug-likeness (QED) is 0.548. The van der Waals surface area contributed by atoms with Gasteiger partial charge in [0.25, 0.3) is 0 Å². The monoisotopic (exact) mass is 204 g/mol. The average Bonchev–Trinajstić information content (AvgIpc) is 2.43. The van der Waals surface area contributed by atoms with Crippen LogP contribution < -0.4 is 0 Å². The summed E-state index contributed by atoms with van der Waals surface area (Å²) in [5.41, 5.74) is 3.35. The van der Waals surface area contributed by atoms with Crippen LogP contribution in [0.4, 0.5) is 0 Å². The van der Waals surface area contributed by atoms with Crippen molar-refractivity contribution >= 4 is 0 Å². The summed E-state index contributed by atoms with van der Waals surface area (Å²) in [7, 11) is 0. The standard InChI is InChI=1S/C15H24/c1-10(2)13-7-5-11(3)14-8-6-12(4)15(14)9-13/h6-7,10-11,14-15H,5,8-9H2,1-4H3/t11-,14-,15-/m0/s1. The predicted molar refractivity (Wildman–Crippen MR) is 66.7 cm³/mol. The van der Waals surface area contributed by atoms with Crippen LogP contribution in [0.2, 0.25) is 0 Å². The van der Waals surface area contributed by atoms with Gasteiger partial charge in [-0.2, -0.15) is 0 Å². The molecule has 0 fully saturated rings. The third kappa shape index (κ3) is 2.04. The molecule has 0 aromatic carbocycles. The Hall–Kier alpha value is -0.520. The van der Waals surface area contributed by atoms with Crippen molar-refractivity contribution in [3.8, 4) is 0 Å². The maximum Gasteiger partial charge on any atom is -0.0135 e. The fraction of sp³-hybridized carbons (Fsp3) is 0.733. The number of rotatable bonds is 1. The number of allylic oxidation sites excluding steroid dienone is 4. The van der Waals surface area contributed by atoms with Gasteiger partial charge in [0.15, 0.2) is 0 Å². The van der Waals surface area contributed by atoms with Crippen LogP contribution in [-0.2, 0) is 0 Å². The summed E-state index contributed by atoms with van der Waals surface area (Å²) >= 11 is 0. The van der Waals surface area contributed by atoms with Crippen molar-refractivity contribution in [1.82, 2.24) is 0 Å². The first-order valence-corrected chi connectivity index (χ1v) is 6.45. The minimum absolute atomic E-state index is 0.740. The summed E-state index contributed by atoms with van der Waals surface area (Å²) in [6.07, 6.45) is 8.97. The van der Waals surface area contributed by atoms with Crippen LogP contribution in [0.1, 0.15) is 47.0 Å². The molecule has 0 nitrogen and oxygen atoms in total. The average molecular weight is 204 g/mol. The fourth-order valence-corrected chi connectivity index (χ4v) is 3.24. The van der Waals surface area contributed by atoms with Gasteiger partial charge in [0.05, 0.1) is 0 Å². The Bertz CT molecular complexity index is 293. The molecule has 0 aromatic rings. The van der Waals surface area contributed by atoms with Gasteiger partial charge >= 0.3 is 0 Å². The van der Waals surface area contributed by atoms with Crippen LogP contribution in [0.15, 0.2) is 23.3 Å². The van der Waals surface area contributed by atoms with Crippen LogP contribution in [-0.4, -0.2) is 0 Å². The lowest BCUT2D eigenvalue weighted by molar-refractivity contribution is 0.298. The zero-order valence-electron chi connectivity index (χ0n) is 10.6. The van der Waals surface area contributed by atoms with E-state index in [9.17, 15) is 0 Å². The molecule has 0 N–H and O–H groups in total. The van der Waals surface area contributed by atoms with Crippen molar-refractivity contribution < 1.29 is 0 Å². The van der Waals surface area contributed by atoms with Gasteiger partial charge < -0.3 is 0 Å². The Morgan fingerprint density at radius 1 is 1.20 bits per heavy atom. The molecule has 0 saturated heterocycles. The van der Waals surface area contributed by atoms with E-state index in [1.807, 2.05) is 0 Å². The van der Waals surface area contributed by atoms with E-state index in [0.29, 0.717) is 0 Å². The first kappa shape index (κ1) is 11.0. The van der Waals surface area contributed by atoms with Gasteiger partial charge in [-0.3, -0.25) is 0 Å². The summed E-state index contributed by atoms with van der Waals surface area (Å²) in [5, 5.41) is 0. The van der Waals surface area contributed by atoms with E-state index in [1.165, 1.54) is 19.3 Å². The Balaban J connectivity index is 2.20. The van der Waals surface area contributed by atoms with E-state index in [2.05, 4.69) is 39.8 Å². The molecular formula is C15H24. The second-order valence-corrected chi connectivity index (χ2v) is 5.81. The van der Waals surface area contributed by atoms with Crippen molar-refractivity contribution in [2.24, 2.45) is 23.7 Å². The van der Waals surface area contributed by atoms with Gasteiger partial charge in [0.1, 0.15) is 0 Å². The van der Waals surface area contributed by atoms with E-state index in [4.69, 9.17) is 0 Å². The Kier molecular flexibility index (Phi) is 3.04. The Morgan fingerprint density at radius 3 is 2.60 bits per heavy atom. The maximum atomic E-state index is 2.53. The smallest absolute Gasteiger partial charge is 0.0135 e. The van der Waals surface area contributed by atoms with Crippen LogP contribution in [0.5, 0.6) is 0 Å². The van der Waals surface area contributed by atoms with Gasteiger partial charge in [-0.05, 0) is 49.9 Å². The molecule has 0 saturated carbocycles. The second-order valence-electron chi connectivity index (χ2n) is 5.81. The number of fused-ring (bicyclic) bond motifs is 1. The van der Waals surface area contributed by atoms with E-state index in [0.717, 1.165) is 23.7 Å². The highest BCUT2D eigenvalue weighted by molar-refractivity contribution is 5.21. The molecule has 0 spiro atoms. The summed E-state index contributed by atoms with van der Waals surface area (Å²) in [5.74, 6) is 3.40. The highest BCUT2D eigenvalue weighted by Crippen LogP contribution is 2.44. The van der Waals surface area contributed by atoms with Gasteiger partial charge in [-0.25, -0.2) is 0 Å². The Labute approximate surface area is 94.5 Å². The van der Waals surface area contributed by atoms with E-state index < -0.39 is 0 Å². The minimum atomic E-state index is 0.740. The van der Waals surface area contributed by atoms with Crippen molar-refractivity contribution in [3.63, 3.8) is 0 Å². The summed E-state index contributed by atoms with van der Waals surface area (Å²) in [6, 6.07) is 0. The molecule has 3 atom stereocenters. The zero-order chi connectivity index (χ0) is 11.0. The minimum Gasteiger partial charge on any atom is -0.0850 e. The molecule has 15 heavy (non-hydrogen) atoms. The first-order chi connectivity index (χ1) is 7.09. The molecule has 0 heterocycles. The molecule has 0 aromatic heterocycles.